The van der Waals surface area contributed by atoms with E-state index in [1.165, 1.54) is 0 Å². The van der Waals surface area contributed by atoms with Gasteiger partial charge in [0.2, 0.25) is 10.0 Å². The van der Waals surface area contributed by atoms with E-state index in [2.05, 4.69) is 4.72 Å². The summed E-state index contributed by atoms with van der Waals surface area (Å²) in [5, 5.41) is 0. The Bertz CT molecular complexity index is 810. The molecule has 136 valence electrons. The Morgan fingerprint density at radius 2 is 1.52 bits per heavy atom. The molecular formula is C18H23NO5S. The summed E-state index contributed by atoms with van der Waals surface area (Å²) in [5.74, 6) is 1.94. The number of hydrogen-bond donors (Lipinski definition) is 1. The standard InChI is InChI=1S/C18H23NO5S/c1-13-10-17(23-4)11-14(2)18(13)25(20,21)19-8-9-24-16-7-5-6-15(12-16)22-3/h5-7,10-12,19H,8-9H2,1-4H3. The van der Waals surface area contributed by atoms with Gasteiger partial charge in [0.15, 0.2) is 0 Å². The Labute approximate surface area is 148 Å². The minimum absolute atomic E-state index is 0.157. The van der Waals surface area contributed by atoms with Crippen LogP contribution in [0.25, 0.3) is 0 Å². The van der Waals surface area contributed by atoms with Crippen LogP contribution in [-0.2, 0) is 10.0 Å². The minimum atomic E-state index is -3.62. The number of sulfonamides is 1. The molecule has 0 radical (unpaired) electrons. The molecule has 25 heavy (non-hydrogen) atoms. The van der Waals surface area contributed by atoms with Crippen molar-refractivity contribution in [1.82, 2.24) is 4.72 Å². The number of methoxy groups -OCH3 is 2. The van der Waals surface area contributed by atoms with Crippen molar-refractivity contribution in [1.29, 1.82) is 0 Å². The highest BCUT2D eigenvalue weighted by Gasteiger charge is 2.20. The van der Waals surface area contributed by atoms with Gasteiger partial charge in [0, 0.05) is 12.6 Å². The summed E-state index contributed by atoms with van der Waals surface area (Å²) < 4.78 is 43.5. The molecule has 0 aromatic heterocycles. The summed E-state index contributed by atoms with van der Waals surface area (Å²) in [4.78, 5) is 0.273. The second kappa shape index (κ2) is 8.22. The molecule has 1 N–H and O–H groups in total. The van der Waals surface area contributed by atoms with Crippen molar-refractivity contribution in [3.63, 3.8) is 0 Å². The van der Waals surface area contributed by atoms with Crippen molar-refractivity contribution < 1.29 is 22.6 Å². The molecule has 2 aromatic carbocycles. The monoisotopic (exact) mass is 365 g/mol. The van der Waals surface area contributed by atoms with Crippen LogP contribution in [0.1, 0.15) is 11.1 Å². The fourth-order valence-corrected chi connectivity index (χ4v) is 4.02. The normalized spacial score (nSPS) is 11.2. The summed E-state index contributed by atoms with van der Waals surface area (Å²) in [6, 6.07) is 10.6. The summed E-state index contributed by atoms with van der Waals surface area (Å²) in [7, 11) is -0.496. The van der Waals surface area contributed by atoms with Crippen molar-refractivity contribution in [2.45, 2.75) is 18.7 Å². The first kappa shape index (κ1) is 19.1. The summed E-state index contributed by atoms with van der Waals surface area (Å²) >= 11 is 0. The second-order valence-electron chi connectivity index (χ2n) is 5.52. The maximum absolute atomic E-state index is 12.6. The van der Waals surface area contributed by atoms with Crippen LogP contribution in [0, 0.1) is 13.8 Å². The van der Waals surface area contributed by atoms with Gasteiger partial charge in [-0.15, -0.1) is 0 Å². The predicted octanol–water partition coefficient (Wildman–Crippen LogP) is 2.68. The Kier molecular flexibility index (Phi) is 6.27. The molecule has 0 amide bonds. The van der Waals surface area contributed by atoms with E-state index >= 15 is 0 Å². The van der Waals surface area contributed by atoms with Crippen molar-refractivity contribution in [3.8, 4) is 17.2 Å². The molecule has 0 unspecified atom stereocenters. The minimum Gasteiger partial charge on any atom is -0.497 e. The molecule has 0 atom stereocenters. The molecule has 0 heterocycles. The molecule has 0 spiro atoms. The van der Waals surface area contributed by atoms with Crippen molar-refractivity contribution >= 4 is 10.0 Å². The lowest BCUT2D eigenvalue weighted by atomic mass is 10.1. The molecule has 7 heteroatoms. The molecule has 2 aromatic rings. The van der Waals surface area contributed by atoms with Gasteiger partial charge in [-0.25, -0.2) is 13.1 Å². The highest BCUT2D eigenvalue weighted by molar-refractivity contribution is 7.89. The first-order valence-electron chi connectivity index (χ1n) is 7.79. The van der Waals surface area contributed by atoms with E-state index in [1.54, 1.807) is 52.3 Å². The first-order valence-corrected chi connectivity index (χ1v) is 9.27. The van der Waals surface area contributed by atoms with Gasteiger partial charge in [-0.2, -0.15) is 0 Å². The van der Waals surface area contributed by atoms with Gasteiger partial charge in [0.1, 0.15) is 23.9 Å². The highest BCUT2D eigenvalue weighted by Crippen LogP contribution is 2.25. The summed E-state index contributed by atoms with van der Waals surface area (Å²) in [5.41, 5.74) is 1.27. The molecule has 0 aliphatic carbocycles. The third-order valence-electron chi connectivity index (χ3n) is 3.64. The van der Waals surface area contributed by atoms with E-state index in [0.717, 1.165) is 0 Å². The number of rotatable bonds is 8. The van der Waals surface area contributed by atoms with Crippen molar-refractivity contribution in [2.75, 3.05) is 27.4 Å². The number of hydrogen-bond acceptors (Lipinski definition) is 5. The molecule has 0 saturated carbocycles. The van der Waals surface area contributed by atoms with Gasteiger partial charge >= 0.3 is 0 Å². The van der Waals surface area contributed by atoms with E-state index in [-0.39, 0.29) is 18.0 Å². The Balaban J connectivity index is 2.00. The van der Waals surface area contributed by atoms with Crippen LogP contribution in [0.5, 0.6) is 17.2 Å². The predicted molar refractivity (Wildman–Crippen MR) is 96.1 cm³/mol. The molecule has 2 rings (SSSR count). The average molecular weight is 365 g/mol. The fraction of sp³-hybridized carbons (Fsp3) is 0.333. The first-order chi connectivity index (χ1) is 11.9. The second-order valence-corrected chi connectivity index (χ2v) is 7.22. The van der Waals surface area contributed by atoms with Crippen LogP contribution < -0.4 is 18.9 Å². The lowest BCUT2D eigenvalue weighted by Gasteiger charge is -2.14. The van der Waals surface area contributed by atoms with Gasteiger partial charge in [-0.1, -0.05) is 6.07 Å². The zero-order valence-electron chi connectivity index (χ0n) is 14.8. The van der Waals surface area contributed by atoms with Crippen LogP contribution in [0.3, 0.4) is 0 Å². The van der Waals surface area contributed by atoms with Gasteiger partial charge in [0.05, 0.1) is 19.1 Å². The maximum atomic E-state index is 12.6. The van der Waals surface area contributed by atoms with Crippen LogP contribution in [0.15, 0.2) is 41.3 Å². The highest BCUT2D eigenvalue weighted by atomic mass is 32.2. The van der Waals surface area contributed by atoms with Crippen molar-refractivity contribution in [3.05, 3.63) is 47.5 Å². The van der Waals surface area contributed by atoms with E-state index < -0.39 is 10.0 Å². The number of aryl methyl sites for hydroxylation is 2. The average Bonchev–Trinajstić information content (AvgIpc) is 2.58. The van der Waals surface area contributed by atoms with E-state index in [0.29, 0.717) is 28.4 Å². The zero-order valence-corrected chi connectivity index (χ0v) is 15.6. The van der Waals surface area contributed by atoms with Crippen molar-refractivity contribution in [2.24, 2.45) is 0 Å². The van der Waals surface area contributed by atoms with Crippen LogP contribution in [0.4, 0.5) is 0 Å². The van der Waals surface area contributed by atoms with Crippen LogP contribution >= 0.6 is 0 Å². The molecule has 0 fully saturated rings. The van der Waals surface area contributed by atoms with Gasteiger partial charge < -0.3 is 14.2 Å². The van der Waals surface area contributed by atoms with E-state index in [4.69, 9.17) is 14.2 Å². The third kappa shape index (κ3) is 4.87. The maximum Gasteiger partial charge on any atom is 0.241 e. The lowest BCUT2D eigenvalue weighted by molar-refractivity contribution is 0.320. The Hall–Kier alpha value is -2.25. The molecule has 6 nitrogen and oxygen atoms in total. The summed E-state index contributed by atoms with van der Waals surface area (Å²) in [6.45, 7) is 3.86. The largest absolute Gasteiger partial charge is 0.497 e. The Morgan fingerprint density at radius 3 is 2.12 bits per heavy atom. The quantitative estimate of drug-likeness (QED) is 0.728. The fourth-order valence-electron chi connectivity index (χ4n) is 2.56. The van der Waals surface area contributed by atoms with Gasteiger partial charge in [0.25, 0.3) is 0 Å². The van der Waals surface area contributed by atoms with E-state index in [9.17, 15) is 8.42 Å². The number of benzene rings is 2. The zero-order chi connectivity index (χ0) is 18.4. The van der Waals surface area contributed by atoms with E-state index in [1.807, 2.05) is 12.1 Å². The SMILES string of the molecule is COc1cccc(OCCNS(=O)(=O)c2c(C)cc(OC)cc2C)c1. The third-order valence-corrected chi connectivity index (χ3v) is 5.41. The van der Waals surface area contributed by atoms with Crippen LogP contribution in [0.2, 0.25) is 0 Å². The molecule has 0 aliphatic heterocycles. The Morgan fingerprint density at radius 1 is 0.920 bits per heavy atom. The molecule has 0 bridgehead atoms. The number of nitrogens with one attached hydrogen (secondary N) is 1. The van der Waals surface area contributed by atoms with Crippen LogP contribution in [-0.4, -0.2) is 35.8 Å². The van der Waals surface area contributed by atoms with Gasteiger partial charge in [-0.05, 0) is 49.2 Å². The number of ether oxygens (including phenoxy) is 3. The summed E-state index contributed by atoms with van der Waals surface area (Å²) in [6.07, 6.45) is 0. The molecule has 0 saturated heterocycles. The molecular weight excluding hydrogens is 342 g/mol. The lowest BCUT2D eigenvalue weighted by Crippen LogP contribution is -2.29. The van der Waals surface area contributed by atoms with Gasteiger partial charge in [-0.3, -0.25) is 0 Å². The smallest absolute Gasteiger partial charge is 0.241 e. The molecule has 0 aliphatic rings. The topological polar surface area (TPSA) is 73.9 Å².